The van der Waals surface area contributed by atoms with Gasteiger partial charge in [-0.2, -0.15) is 0 Å². The zero-order valence-electron chi connectivity index (χ0n) is 16.3. The summed E-state index contributed by atoms with van der Waals surface area (Å²) in [6, 6.07) is 4.23. The smallest absolute Gasteiger partial charge is 0.276 e. The number of carbonyl (C=O) groups excluding carboxylic acids is 1. The van der Waals surface area contributed by atoms with Crippen molar-refractivity contribution in [2.45, 2.75) is 19.4 Å². The summed E-state index contributed by atoms with van der Waals surface area (Å²) in [4.78, 5) is 17.1. The first-order valence-corrected chi connectivity index (χ1v) is 10.4. The Balaban J connectivity index is 1.30. The number of likely N-dealkylation sites (tertiary alicyclic amines) is 1. The Kier molecular flexibility index (Phi) is 6.42. The summed E-state index contributed by atoms with van der Waals surface area (Å²) in [7, 11) is 0. The third kappa shape index (κ3) is 5.12. The van der Waals surface area contributed by atoms with Crippen LogP contribution in [0.5, 0.6) is 0 Å². The molecule has 2 aliphatic heterocycles. The molecule has 1 amide bonds. The van der Waals surface area contributed by atoms with E-state index >= 15 is 0 Å². The minimum Gasteiger partial charge on any atom is -0.379 e. The summed E-state index contributed by atoms with van der Waals surface area (Å²) in [5.74, 6) is 0.143. The van der Waals surface area contributed by atoms with Crippen LogP contribution in [-0.4, -0.2) is 76.6 Å². The number of hydrogen-bond acceptors (Lipinski definition) is 5. The van der Waals surface area contributed by atoms with E-state index in [1.807, 2.05) is 4.90 Å². The number of halogens is 2. The molecule has 29 heavy (non-hydrogen) atoms. The molecule has 0 bridgehead atoms. The van der Waals surface area contributed by atoms with E-state index in [1.54, 1.807) is 16.9 Å². The van der Waals surface area contributed by atoms with Gasteiger partial charge in [-0.25, -0.2) is 9.07 Å². The lowest BCUT2D eigenvalue weighted by Gasteiger charge is -2.35. The van der Waals surface area contributed by atoms with Crippen molar-refractivity contribution in [3.8, 4) is 0 Å². The second-order valence-electron chi connectivity index (χ2n) is 7.69. The molecule has 1 aromatic carbocycles. The molecule has 3 heterocycles. The minimum atomic E-state index is -0.384. The highest BCUT2D eigenvalue weighted by molar-refractivity contribution is 6.31. The molecule has 2 fully saturated rings. The first-order chi connectivity index (χ1) is 14.1. The number of nitrogens with zero attached hydrogens (tertiary/aromatic N) is 5. The molecule has 9 heteroatoms. The van der Waals surface area contributed by atoms with E-state index in [0.29, 0.717) is 23.2 Å². The van der Waals surface area contributed by atoms with Crippen LogP contribution in [0.3, 0.4) is 0 Å². The molecule has 2 aromatic rings. The second-order valence-corrected chi connectivity index (χ2v) is 8.09. The Hall–Kier alpha value is -2.03. The van der Waals surface area contributed by atoms with Crippen LogP contribution in [0.15, 0.2) is 24.4 Å². The summed E-state index contributed by atoms with van der Waals surface area (Å²) in [5, 5.41) is 8.39. The number of ether oxygens (including phenoxy) is 1. The van der Waals surface area contributed by atoms with Crippen molar-refractivity contribution in [3.63, 3.8) is 0 Å². The highest BCUT2D eigenvalue weighted by Gasteiger charge is 2.27. The fourth-order valence-corrected chi connectivity index (χ4v) is 4.15. The zero-order chi connectivity index (χ0) is 20.2. The minimum absolute atomic E-state index is 0.0914. The van der Waals surface area contributed by atoms with Gasteiger partial charge in [0.25, 0.3) is 5.91 Å². The predicted molar refractivity (Wildman–Crippen MR) is 106 cm³/mol. The highest BCUT2D eigenvalue weighted by atomic mass is 35.5. The Labute approximate surface area is 174 Å². The van der Waals surface area contributed by atoms with Crippen molar-refractivity contribution < 1.29 is 13.9 Å². The third-order valence-electron chi connectivity index (χ3n) is 5.63. The maximum absolute atomic E-state index is 13.2. The van der Waals surface area contributed by atoms with E-state index < -0.39 is 0 Å². The van der Waals surface area contributed by atoms with E-state index in [9.17, 15) is 9.18 Å². The van der Waals surface area contributed by atoms with Crippen molar-refractivity contribution >= 4 is 17.5 Å². The topological polar surface area (TPSA) is 63.5 Å². The van der Waals surface area contributed by atoms with Crippen molar-refractivity contribution in [1.82, 2.24) is 24.8 Å². The van der Waals surface area contributed by atoms with Crippen molar-refractivity contribution in [2.75, 3.05) is 45.9 Å². The summed E-state index contributed by atoms with van der Waals surface area (Å²) in [5.41, 5.74) is 1.05. The van der Waals surface area contributed by atoms with Gasteiger partial charge in [-0.15, -0.1) is 5.10 Å². The van der Waals surface area contributed by atoms with E-state index in [1.165, 1.54) is 12.1 Å². The SMILES string of the molecule is O=C(c1cn(Cc2ccc(F)cc2Cl)nn1)N1CCC(CN2CCOCC2)CC1. The fraction of sp³-hybridized carbons (Fsp3) is 0.550. The first kappa shape index (κ1) is 20.3. The van der Waals surface area contributed by atoms with Crippen LogP contribution in [0.4, 0.5) is 4.39 Å². The molecule has 0 spiro atoms. The highest BCUT2D eigenvalue weighted by Crippen LogP contribution is 2.21. The van der Waals surface area contributed by atoms with Crippen LogP contribution in [0.1, 0.15) is 28.9 Å². The maximum atomic E-state index is 13.2. The van der Waals surface area contributed by atoms with Gasteiger partial charge >= 0.3 is 0 Å². The molecule has 1 aromatic heterocycles. The van der Waals surface area contributed by atoms with Crippen LogP contribution in [0.25, 0.3) is 0 Å². The molecular weight excluding hydrogens is 397 g/mol. The van der Waals surface area contributed by atoms with E-state index in [2.05, 4.69) is 15.2 Å². The van der Waals surface area contributed by atoms with E-state index in [4.69, 9.17) is 16.3 Å². The quantitative estimate of drug-likeness (QED) is 0.741. The molecule has 4 rings (SSSR count). The second kappa shape index (κ2) is 9.19. The van der Waals surface area contributed by atoms with Crippen LogP contribution < -0.4 is 0 Å². The van der Waals surface area contributed by atoms with Gasteiger partial charge in [-0.1, -0.05) is 22.9 Å². The number of aromatic nitrogens is 3. The molecular formula is C20H25ClFN5O2. The van der Waals surface area contributed by atoms with Crippen molar-refractivity contribution in [1.29, 1.82) is 0 Å². The van der Waals surface area contributed by atoms with Gasteiger partial charge in [0, 0.05) is 37.7 Å². The molecule has 0 atom stereocenters. The van der Waals surface area contributed by atoms with Gasteiger partial charge in [-0.3, -0.25) is 9.69 Å². The summed E-state index contributed by atoms with van der Waals surface area (Å²) in [6.07, 6.45) is 3.63. The van der Waals surface area contributed by atoms with Crippen molar-refractivity contribution in [2.24, 2.45) is 5.92 Å². The lowest BCUT2D eigenvalue weighted by atomic mass is 9.96. The molecule has 2 saturated heterocycles. The Morgan fingerprint density at radius 3 is 2.69 bits per heavy atom. The van der Waals surface area contributed by atoms with Crippen LogP contribution in [0, 0.1) is 11.7 Å². The molecule has 0 N–H and O–H groups in total. The van der Waals surface area contributed by atoms with Gasteiger partial charge < -0.3 is 9.64 Å². The van der Waals surface area contributed by atoms with Gasteiger partial charge in [0.05, 0.1) is 26.0 Å². The monoisotopic (exact) mass is 421 g/mol. The molecule has 0 radical (unpaired) electrons. The van der Waals surface area contributed by atoms with E-state index in [-0.39, 0.29) is 11.7 Å². The Bertz CT molecular complexity index is 847. The van der Waals surface area contributed by atoms with Crippen LogP contribution >= 0.6 is 11.6 Å². The summed E-state index contributed by atoms with van der Waals surface area (Å²) in [6.45, 7) is 6.53. The molecule has 0 aliphatic carbocycles. The number of piperidine rings is 1. The summed E-state index contributed by atoms with van der Waals surface area (Å²) >= 11 is 6.07. The average Bonchev–Trinajstić information content (AvgIpc) is 3.20. The Morgan fingerprint density at radius 2 is 1.97 bits per heavy atom. The molecule has 7 nitrogen and oxygen atoms in total. The number of morpholine rings is 1. The van der Waals surface area contributed by atoms with Gasteiger partial charge in [0.15, 0.2) is 5.69 Å². The normalized spacial score (nSPS) is 18.9. The number of carbonyl (C=O) groups is 1. The predicted octanol–water partition coefficient (Wildman–Crippen LogP) is 2.30. The molecule has 0 saturated carbocycles. The largest absolute Gasteiger partial charge is 0.379 e. The average molecular weight is 422 g/mol. The maximum Gasteiger partial charge on any atom is 0.276 e. The first-order valence-electron chi connectivity index (χ1n) is 10.0. The lowest BCUT2D eigenvalue weighted by Crippen LogP contribution is -2.44. The molecule has 156 valence electrons. The lowest BCUT2D eigenvalue weighted by molar-refractivity contribution is 0.0242. The van der Waals surface area contributed by atoms with Crippen LogP contribution in [-0.2, 0) is 11.3 Å². The number of amides is 1. The van der Waals surface area contributed by atoms with Crippen molar-refractivity contribution in [3.05, 3.63) is 46.5 Å². The van der Waals surface area contributed by atoms with E-state index in [0.717, 1.165) is 64.3 Å². The number of benzene rings is 1. The van der Waals surface area contributed by atoms with Gasteiger partial charge in [0.2, 0.25) is 0 Å². The molecule has 0 unspecified atom stereocenters. The van der Waals surface area contributed by atoms with Gasteiger partial charge in [-0.05, 0) is 36.5 Å². The Morgan fingerprint density at radius 1 is 1.21 bits per heavy atom. The fourth-order valence-electron chi connectivity index (χ4n) is 3.93. The standard InChI is InChI=1S/C20H25ClFN5O2/c21-18-11-17(22)2-1-16(18)13-27-14-19(23-24-27)20(28)26-5-3-15(4-6-26)12-25-7-9-29-10-8-25/h1-2,11,14-15H,3-10,12-13H2. The third-order valence-corrected chi connectivity index (χ3v) is 5.98. The number of rotatable bonds is 5. The summed E-state index contributed by atoms with van der Waals surface area (Å²) < 4.78 is 20.1. The zero-order valence-corrected chi connectivity index (χ0v) is 17.0. The van der Waals surface area contributed by atoms with Crippen LogP contribution in [0.2, 0.25) is 5.02 Å². The van der Waals surface area contributed by atoms with Gasteiger partial charge in [0.1, 0.15) is 5.82 Å². The number of hydrogen-bond donors (Lipinski definition) is 0. The molecule has 2 aliphatic rings.